The van der Waals surface area contributed by atoms with Crippen molar-refractivity contribution in [3.63, 3.8) is 0 Å². The van der Waals surface area contributed by atoms with Crippen LogP contribution in [0.15, 0.2) is 54.6 Å². The van der Waals surface area contributed by atoms with E-state index in [0.29, 0.717) is 25.7 Å². The molecule has 2 aromatic rings. The minimum Gasteiger partial charge on any atom is -0.356 e. The molecule has 1 N–H and O–H groups in total. The number of nitrogens with one attached hydrogen (secondary N) is 1. The highest BCUT2D eigenvalue weighted by atomic mass is 19.4. The molecule has 0 atom stereocenters. The van der Waals surface area contributed by atoms with Crippen LogP contribution in [-0.2, 0) is 17.4 Å². The average molecular weight is 488 g/mol. The Morgan fingerprint density at radius 2 is 1.49 bits per heavy atom. The highest BCUT2D eigenvalue weighted by Crippen LogP contribution is 2.30. The van der Waals surface area contributed by atoms with Gasteiger partial charge >= 0.3 is 6.18 Å². The second-order valence-corrected chi connectivity index (χ2v) is 9.44. The van der Waals surface area contributed by atoms with Gasteiger partial charge in [0.15, 0.2) is 0 Å². The number of amides is 2. The standard InChI is InChI=1S/C27H32F3N3O2/c28-27(29,30)23-8-6-22(7-9-23)26(35)33-18-13-24(14-19-33)32-16-11-21(12-17-32)25(34)31-15-10-20-4-2-1-3-5-20/h1-9,21,24H,10-19H2,(H,31,34). The van der Waals surface area contributed by atoms with Crippen LogP contribution < -0.4 is 5.32 Å². The molecule has 35 heavy (non-hydrogen) atoms. The number of rotatable bonds is 6. The van der Waals surface area contributed by atoms with E-state index in [1.165, 1.54) is 17.7 Å². The van der Waals surface area contributed by atoms with Crippen molar-refractivity contribution in [3.8, 4) is 0 Å². The summed E-state index contributed by atoms with van der Waals surface area (Å²) in [5, 5.41) is 3.08. The molecule has 0 saturated carbocycles. The summed E-state index contributed by atoms with van der Waals surface area (Å²) < 4.78 is 38.3. The summed E-state index contributed by atoms with van der Waals surface area (Å²) in [6, 6.07) is 14.9. The number of hydrogen-bond acceptors (Lipinski definition) is 3. The fourth-order valence-electron chi connectivity index (χ4n) is 5.06. The molecule has 0 spiro atoms. The molecule has 0 aliphatic carbocycles. The topological polar surface area (TPSA) is 52.7 Å². The number of alkyl halides is 3. The summed E-state index contributed by atoms with van der Waals surface area (Å²) in [4.78, 5) is 29.4. The van der Waals surface area contributed by atoms with Crippen molar-refractivity contribution in [2.75, 3.05) is 32.7 Å². The molecule has 2 aliphatic rings. The van der Waals surface area contributed by atoms with Gasteiger partial charge in [0.25, 0.3) is 5.91 Å². The first-order valence-corrected chi connectivity index (χ1v) is 12.3. The number of carbonyl (C=O) groups excluding carboxylic acids is 2. The molecule has 2 saturated heterocycles. The summed E-state index contributed by atoms with van der Waals surface area (Å²) in [6.45, 7) is 3.56. The summed E-state index contributed by atoms with van der Waals surface area (Å²) in [5.41, 5.74) is 0.752. The van der Waals surface area contributed by atoms with Crippen molar-refractivity contribution >= 4 is 11.8 Å². The zero-order valence-corrected chi connectivity index (χ0v) is 19.8. The average Bonchev–Trinajstić information content (AvgIpc) is 2.88. The minimum absolute atomic E-state index is 0.0448. The number of carbonyl (C=O) groups is 2. The molecule has 2 aliphatic heterocycles. The van der Waals surface area contributed by atoms with Crippen LogP contribution in [0, 0.1) is 5.92 Å². The van der Waals surface area contributed by atoms with Crippen LogP contribution in [0.5, 0.6) is 0 Å². The molecular weight excluding hydrogens is 455 g/mol. The van der Waals surface area contributed by atoms with Gasteiger partial charge in [-0.25, -0.2) is 0 Å². The molecule has 2 heterocycles. The highest BCUT2D eigenvalue weighted by Gasteiger charge is 2.33. The van der Waals surface area contributed by atoms with Crippen molar-refractivity contribution in [1.29, 1.82) is 0 Å². The Morgan fingerprint density at radius 3 is 2.09 bits per heavy atom. The Balaban J connectivity index is 1.18. The lowest BCUT2D eigenvalue weighted by Crippen LogP contribution is -2.50. The molecule has 0 aromatic heterocycles. The third kappa shape index (κ3) is 6.63. The first-order chi connectivity index (χ1) is 16.8. The number of hydrogen-bond donors (Lipinski definition) is 1. The van der Waals surface area contributed by atoms with Crippen LogP contribution in [0.3, 0.4) is 0 Å². The SMILES string of the molecule is O=C(NCCc1ccccc1)C1CCN(C2CCN(C(=O)c3ccc(C(F)(F)F)cc3)CC2)CC1. The van der Waals surface area contributed by atoms with Gasteiger partial charge in [0.05, 0.1) is 5.56 Å². The third-order valence-corrected chi connectivity index (χ3v) is 7.18. The fourth-order valence-corrected chi connectivity index (χ4v) is 5.06. The van der Waals surface area contributed by atoms with Crippen molar-refractivity contribution < 1.29 is 22.8 Å². The monoisotopic (exact) mass is 487 g/mol. The number of nitrogens with zero attached hydrogens (tertiary/aromatic N) is 2. The van der Waals surface area contributed by atoms with E-state index in [1.54, 1.807) is 4.90 Å². The quantitative estimate of drug-likeness (QED) is 0.658. The first kappa shape index (κ1) is 25.2. The lowest BCUT2D eigenvalue weighted by molar-refractivity contribution is -0.137. The zero-order valence-electron chi connectivity index (χ0n) is 19.8. The normalized spacial score (nSPS) is 18.4. The largest absolute Gasteiger partial charge is 0.416 e. The van der Waals surface area contributed by atoms with Crippen LogP contribution in [-0.4, -0.2) is 60.4 Å². The van der Waals surface area contributed by atoms with Gasteiger partial charge in [-0.3, -0.25) is 9.59 Å². The van der Waals surface area contributed by atoms with E-state index in [4.69, 9.17) is 0 Å². The number of likely N-dealkylation sites (tertiary alicyclic amines) is 2. The predicted molar refractivity (Wildman–Crippen MR) is 128 cm³/mol. The maximum atomic E-state index is 12.8. The van der Waals surface area contributed by atoms with Crippen molar-refractivity contribution in [1.82, 2.24) is 15.1 Å². The molecule has 4 rings (SSSR count). The van der Waals surface area contributed by atoms with E-state index in [9.17, 15) is 22.8 Å². The Bertz CT molecular complexity index is 979. The van der Waals surface area contributed by atoms with Gasteiger partial charge in [0.1, 0.15) is 0 Å². The van der Waals surface area contributed by atoms with E-state index in [0.717, 1.165) is 57.3 Å². The predicted octanol–water partition coefficient (Wildman–Crippen LogP) is 4.38. The van der Waals surface area contributed by atoms with Gasteiger partial charge in [0, 0.05) is 37.2 Å². The van der Waals surface area contributed by atoms with Crippen molar-refractivity contribution in [2.24, 2.45) is 5.92 Å². The summed E-state index contributed by atoms with van der Waals surface area (Å²) >= 11 is 0. The lowest BCUT2D eigenvalue weighted by atomic mass is 9.92. The maximum absolute atomic E-state index is 12.8. The van der Waals surface area contributed by atoms with E-state index in [2.05, 4.69) is 22.3 Å². The molecule has 0 radical (unpaired) electrons. The van der Waals surface area contributed by atoms with Crippen LogP contribution in [0.4, 0.5) is 13.2 Å². The van der Waals surface area contributed by atoms with Gasteiger partial charge in [0.2, 0.25) is 5.91 Å². The van der Waals surface area contributed by atoms with Crippen molar-refractivity contribution in [2.45, 2.75) is 44.3 Å². The van der Waals surface area contributed by atoms with Gasteiger partial charge in [-0.1, -0.05) is 30.3 Å². The number of benzene rings is 2. The van der Waals surface area contributed by atoms with Gasteiger partial charge in [-0.2, -0.15) is 13.2 Å². The Labute approximate surface area is 204 Å². The number of piperidine rings is 2. The Kier molecular flexibility index (Phi) is 8.11. The molecule has 8 heteroatoms. The van der Waals surface area contributed by atoms with Crippen LogP contribution in [0.25, 0.3) is 0 Å². The molecule has 188 valence electrons. The first-order valence-electron chi connectivity index (χ1n) is 12.3. The second-order valence-electron chi connectivity index (χ2n) is 9.44. The molecule has 2 fully saturated rings. The molecule has 0 unspecified atom stereocenters. The Morgan fingerprint density at radius 1 is 0.857 bits per heavy atom. The van der Waals surface area contributed by atoms with E-state index >= 15 is 0 Å². The zero-order chi connectivity index (χ0) is 24.8. The molecule has 5 nitrogen and oxygen atoms in total. The van der Waals surface area contributed by atoms with Gasteiger partial charge in [-0.15, -0.1) is 0 Å². The van der Waals surface area contributed by atoms with Crippen LogP contribution in [0.1, 0.15) is 47.2 Å². The smallest absolute Gasteiger partial charge is 0.356 e. The maximum Gasteiger partial charge on any atom is 0.416 e. The van der Waals surface area contributed by atoms with E-state index in [-0.39, 0.29) is 23.3 Å². The summed E-state index contributed by atoms with van der Waals surface area (Å²) in [5.74, 6) is -0.0380. The fraction of sp³-hybridized carbons (Fsp3) is 0.481. The minimum atomic E-state index is -4.41. The summed E-state index contributed by atoms with van der Waals surface area (Å²) in [7, 11) is 0. The van der Waals surface area contributed by atoms with E-state index < -0.39 is 11.7 Å². The van der Waals surface area contributed by atoms with E-state index in [1.807, 2.05) is 18.2 Å². The van der Waals surface area contributed by atoms with Crippen LogP contribution >= 0.6 is 0 Å². The molecular formula is C27H32F3N3O2. The lowest BCUT2D eigenvalue weighted by Gasteiger charge is -2.41. The third-order valence-electron chi connectivity index (χ3n) is 7.18. The number of halogens is 3. The molecule has 2 aromatic carbocycles. The van der Waals surface area contributed by atoms with Crippen molar-refractivity contribution in [3.05, 3.63) is 71.3 Å². The Hall–Kier alpha value is -2.87. The summed E-state index contributed by atoms with van der Waals surface area (Å²) in [6.07, 6.45) is -0.240. The molecule has 0 bridgehead atoms. The van der Waals surface area contributed by atoms with Gasteiger partial charge < -0.3 is 15.1 Å². The molecule has 2 amide bonds. The van der Waals surface area contributed by atoms with Crippen LogP contribution in [0.2, 0.25) is 0 Å². The second kappa shape index (κ2) is 11.2. The highest BCUT2D eigenvalue weighted by molar-refractivity contribution is 5.94. The van der Waals surface area contributed by atoms with Gasteiger partial charge in [-0.05, 0) is 75.0 Å².